The largest absolute Gasteiger partial charge is 0.366 e. The van der Waals surface area contributed by atoms with E-state index in [2.05, 4.69) is 15.9 Å². The second-order valence-corrected chi connectivity index (χ2v) is 6.17. The Hall–Kier alpha value is -1.85. The molecule has 0 aromatic heterocycles. The summed E-state index contributed by atoms with van der Waals surface area (Å²) < 4.78 is 0.811. The van der Waals surface area contributed by atoms with Crippen molar-refractivity contribution in [2.45, 2.75) is 6.54 Å². The second kappa shape index (κ2) is 6.94. The summed E-state index contributed by atoms with van der Waals surface area (Å²) in [6.07, 6.45) is 0. The van der Waals surface area contributed by atoms with Gasteiger partial charge in [0.2, 0.25) is 5.91 Å². The summed E-state index contributed by atoms with van der Waals surface area (Å²) in [6.45, 7) is 0.354. The fraction of sp³-hybridized carbons (Fsp3) is 0.125. The van der Waals surface area contributed by atoms with E-state index in [9.17, 15) is 9.59 Å². The Morgan fingerprint density at radius 1 is 1.23 bits per heavy atom. The first kappa shape index (κ1) is 16.5. The standard InChI is InChI=1S/C16H14BrClN2O2/c1-20(9-10-3-2-4-11(7-10)15(19)21)16(22)13-6-5-12(17)8-14(13)18/h2-8H,9H2,1H3,(H2,19,21). The van der Waals surface area contributed by atoms with Crippen LogP contribution in [0.1, 0.15) is 26.3 Å². The maximum atomic E-state index is 12.4. The van der Waals surface area contributed by atoms with Crippen LogP contribution in [0.3, 0.4) is 0 Å². The number of halogens is 2. The summed E-state index contributed by atoms with van der Waals surface area (Å²) in [7, 11) is 1.68. The van der Waals surface area contributed by atoms with Gasteiger partial charge in [-0.2, -0.15) is 0 Å². The van der Waals surface area contributed by atoms with E-state index in [1.165, 1.54) is 4.90 Å². The average molecular weight is 382 g/mol. The van der Waals surface area contributed by atoms with Crippen molar-refractivity contribution < 1.29 is 9.59 Å². The number of benzene rings is 2. The van der Waals surface area contributed by atoms with Gasteiger partial charge in [-0.15, -0.1) is 0 Å². The van der Waals surface area contributed by atoms with Crippen molar-refractivity contribution in [1.82, 2.24) is 4.90 Å². The Kier molecular flexibility index (Phi) is 5.21. The molecule has 2 aromatic carbocycles. The highest BCUT2D eigenvalue weighted by Gasteiger charge is 2.16. The third-order valence-corrected chi connectivity index (χ3v) is 3.95. The molecule has 0 atom stereocenters. The molecular weight excluding hydrogens is 368 g/mol. The van der Waals surface area contributed by atoms with Crippen molar-refractivity contribution in [3.63, 3.8) is 0 Å². The molecule has 0 spiro atoms. The monoisotopic (exact) mass is 380 g/mol. The first-order valence-electron chi connectivity index (χ1n) is 6.47. The van der Waals surface area contributed by atoms with E-state index in [1.807, 2.05) is 6.07 Å². The van der Waals surface area contributed by atoms with Crippen molar-refractivity contribution in [3.05, 3.63) is 68.7 Å². The zero-order valence-electron chi connectivity index (χ0n) is 11.8. The number of rotatable bonds is 4. The zero-order valence-corrected chi connectivity index (χ0v) is 14.2. The van der Waals surface area contributed by atoms with E-state index in [1.54, 1.807) is 43.4 Å². The van der Waals surface area contributed by atoms with Crippen LogP contribution in [0.4, 0.5) is 0 Å². The molecule has 0 fully saturated rings. The molecule has 0 saturated heterocycles. The van der Waals surface area contributed by atoms with Crippen LogP contribution in [0.2, 0.25) is 5.02 Å². The fourth-order valence-corrected chi connectivity index (χ4v) is 2.79. The van der Waals surface area contributed by atoms with Gasteiger partial charge in [0.25, 0.3) is 5.91 Å². The van der Waals surface area contributed by atoms with Crippen LogP contribution in [-0.4, -0.2) is 23.8 Å². The predicted octanol–water partition coefficient (Wildman–Crippen LogP) is 3.47. The second-order valence-electron chi connectivity index (χ2n) is 4.85. The van der Waals surface area contributed by atoms with Crippen LogP contribution in [0.5, 0.6) is 0 Å². The SMILES string of the molecule is CN(Cc1cccc(C(N)=O)c1)C(=O)c1ccc(Br)cc1Cl. The van der Waals surface area contributed by atoms with Crippen molar-refractivity contribution >= 4 is 39.3 Å². The van der Waals surface area contributed by atoms with Gasteiger partial charge >= 0.3 is 0 Å². The Bertz CT molecular complexity index is 734. The van der Waals surface area contributed by atoms with Gasteiger partial charge in [0, 0.05) is 23.6 Å². The van der Waals surface area contributed by atoms with E-state index in [4.69, 9.17) is 17.3 Å². The molecular formula is C16H14BrClN2O2. The molecule has 2 amide bonds. The highest BCUT2D eigenvalue weighted by Crippen LogP contribution is 2.23. The molecule has 0 aliphatic heterocycles. The lowest BCUT2D eigenvalue weighted by Gasteiger charge is -2.18. The Morgan fingerprint density at radius 2 is 1.95 bits per heavy atom. The number of carbonyl (C=O) groups excluding carboxylic acids is 2. The molecule has 114 valence electrons. The molecule has 0 aliphatic rings. The molecule has 0 radical (unpaired) electrons. The molecule has 2 rings (SSSR count). The predicted molar refractivity (Wildman–Crippen MR) is 89.9 cm³/mol. The number of primary amides is 1. The first-order chi connectivity index (χ1) is 10.4. The van der Waals surface area contributed by atoms with Crippen LogP contribution >= 0.6 is 27.5 Å². The van der Waals surface area contributed by atoms with Crippen molar-refractivity contribution in [2.24, 2.45) is 5.73 Å². The molecule has 0 unspecified atom stereocenters. The van der Waals surface area contributed by atoms with Gasteiger partial charge < -0.3 is 10.6 Å². The lowest BCUT2D eigenvalue weighted by molar-refractivity contribution is 0.0785. The van der Waals surface area contributed by atoms with E-state index in [0.717, 1.165) is 10.0 Å². The van der Waals surface area contributed by atoms with Gasteiger partial charge in [0.15, 0.2) is 0 Å². The van der Waals surface area contributed by atoms with E-state index in [0.29, 0.717) is 22.7 Å². The number of carbonyl (C=O) groups is 2. The average Bonchev–Trinajstić information content (AvgIpc) is 2.46. The van der Waals surface area contributed by atoms with Gasteiger partial charge in [0.05, 0.1) is 10.6 Å². The Balaban J connectivity index is 2.18. The van der Waals surface area contributed by atoms with Crippen LogP contribution in [0.15, 0.2) is 46.9 Å². The topological polar surface area (TPSA) is 63.4 Å². The molecule has 0 heterocycles. The summed E-state index contributed by atoms with van der Waals surface area (Å²) in [6, 6.07) is 12.0. The lowest BCUT2D eigenvalue weighted by atomic mass is 10.1. The van der Waals surface area contributed by atoms with Crippen molar-refractivity contribution in [2.75, 3.05) is 7.05 Å². The molecule has 2 aromatic rings. The molecule has 4 nitrogen and oxygen atoms in total. The summed E-state index contributed by atoms with van der Waals surface area (Å²) >= 11 is 9.40. The maximum absolute atomic E-state index is 12.4. The summed E-state index contributed by atoms with van der Waals surface area (Å²) in [5, 5.41) is 0.386. The van der Waals surface area contributed by atoms with E-state index < -0.39 is 5.91 Å². The van der Waals surface area contributed by atoms with Crippen LogP contribution in [0.25, 0.3) is 0 Å². The number of nitrogens with two attached hydrogens (primary N) is 1. The summed E-state index contributed by atoms with van der Waals surface area (Å²) in [5.41, 5.74) is 6.92. The molecule has 2 N–H and O–H groups in total. The van der Waals surface area contributed by atoms with Crippen molar-refractivity contribution in [3.8, 4) is 0 Å². The smallest absolute Gasteiger partial charge is 0.255 e. The van der Waals surface area contributed by atoms with Crippen LogP contribution in [0, 0.1) is 0 Å². The Morgan fingerprint density at radius 3 is 2.59 bits per heavy atom. The molecule has 0 bridgehead atoms. The van der Waals surface area contributed by atoms with Gasteiger partial charge in [-0.3, -0.25) is 9.59 Å². The zero-order chi connectivity index (χ0) is 16.3. The third kappa shape index (κ3) is 3.87. The van der Waals surface area contributed by atoms with Crippen LogP contribution < -0.4 is 5.73 Å². The van der Waals surface area contributed by atoms with E-state index in [-0.39, 0.29) is 5.91 Å². The van der Waals surface area contributed by atoms with Gasteiger partial charge in [-0.1, -0.05) is 39.7 Å². The molecule has 22 heavy (non-hydrogen) atoms. The number of amides is 2. The minimum atomic E-state index is -0.494. The summed E-state index contributed by atoms with van der Waals surface area (Å²) in [4.78, 5) is 25.2. The molecule has 0 aliphatic carbocycles. The quantitative estimate of drug-likeness (QED) is 0.881. The number of hydrogen-bond acceptors (Lipinski definition) is 2. The van der Waals surface area contributed by atoms with Crippen LogP contribution in [-0.2, 0) is 6.54 Å². The minimum Gasteiger partial charge on any atom is -0.366 e. The van der Waals surface area contributed by atoms with Crippen molar-refractivity contribution in [1.29, 1.82) is 0 Å². The lowest BCUT2D eigenvalue weighted by Crippen LogP contribution is -2.26. The fourth-order valence-electron chi connectivity index (χ4n) is 2.04. The van der Waals surface area contributed by atoms with Gasteiger partial charge in [-0.25, -0.2) is 0 Å². The van der Waals surface area contributed by atoms with Gasteiger partial charge in [-0.05, 0) is 35.9 Å². The number of hydrogen-bond donors (Lipinski definition) is 1. The van der Waals surface area contributed by atoms with E-state index >= 15 is 0 Å². The summed E-state index contributed by atoms with van der Waals surface area (Å²) in [5.74, 6) is -0.686. The highest BCUT2D eigenvalue weighted by molar-refractivity contribution is 9.10. The minimum absolute atomic E-state index is 0.193. The third-order valence-electron chi connectivity index (χ3n) is 3.14. The number of nitrogens with zero attached hydrogens (tertiary/aromatic N) is 1. The maximum Gasteiger partial charge on any atom is 0.255 e. The molecule has 6 heteroatoms. The van der Waals surface area contributed by atoms with Gasteiger partial charge in [0.1, 0.15) is 0 Å². The highest BCUT2D eigenvalue weighted by atomic mass is 79.9. The Labute approximate surface area is 142 Å². The first-order valence-corrected chi connectivity index (χ1v) is 7.65. The normalized spacial score (nSPS) is 10.3. The molecule has 0 saturated carbocycles.